The molecule has 1 saturated heterocycles. The fourth-order valence-corrected chi connectivity index (χ4v) is 11.8. The number of piperidine rings is 1. The molecule has 5 N–H and O–H groups in total. The lowest BCUT2D eigenvalue weighted by atomic mass is 9.60. The number of aryl methyl sites for hydroxylation is 1. The second kappa shape index (κ2) is 19.2. The van der Waals surface area contributed by atoms with E-state index in [9.17, 15) is 34.8 Å². The molecule has 9 rings (SSSR count). The van der Waals surface area contributed by atoms with Crippen LogP contribution in [0.4, 0.5) is 0 Å². The first-order chi connectivity index (χ1) is 31.7. The van der Waals surface area contributed by atoms with Crippen LogP contribution in [-0.4, -0.2) is 120 Å². The van der Waals surface area contributed by atoms with E-state index in [2.05, 4.69) is 34.2 Å². The third-order valence-electron chi connectivity index (χ3n) is 15.0. The average Bonchev–Trinajstić information content (AvgIpc) is 3.98. The minimum absolute atomic E-state index is 0.00781. The van der Waals surface area contributed by atoms with Crippen LogP contribution in [-0.2, 0) is 43.3 Å². The van der Waals surface area contributed by atoms with E-state index in [1.54, 1.807) is 14.0 Å². The number of methoxy groups -OCH3 is 1. The lowest BCUT2D eigenvalue weighted by Gasteiger charge is -2.53. The molecule has 14 nitrogen and oxygen atoms in total. The quantitative estimate of drug-likeness (QED) is 0.0646. The first-order valence-electron chi connectivity index (χ1n) is 23.5. The predicted octanol–water partition coefficient (Wildman–Crippen LogP) is 5.26. The molecule has 348 valence electrons. The van der Waals surface area contributed by atoms with Crippen LogP contribution < -0.4 is 14.2 Å². The number of aliphatic hydroxyl groups is 4. The van der Waals surface area contributed by atoms with Crippen LogP contribution in [0.15, 0.2) is 53.5 Å². The largest absolute Gasteiger partial charge is 0.492 e. The minimum atomic E-state index is -1.40. The Hall–Kier alpha value is -4.83. The highest BCUT2D eigenvalue weighted by atomic mass is 16.6. The summed E-state index contributed by atoms with van der Waals surface area (Å²) in [5.41, 5.74) is 3.68. The summed E-state index contributed by atoms with van der Waals surface area (Å²) in [6.45, 7) is 4.01. The Labute approximate surface area is 379 Å². The van der Waals surface area contributed by atoms with Gasteiger partial charge in [0, 0.05) is 99.4 Å². The van der Waals surface area contributed by atoms with Gasteiger partial charge in [-0.25, -0.2) is 4.79 Å². The van der Waals surface area contributed by atoms with E-state index in [0.717, 1.165) is 53.7 Å². The zero-order chi connectivity index (χ0) is 45.4. The van der Waals surface area contributed by atoms with Crippen molar-refractivity contribution >= 4 is 34.5 Å². The summed E-state index contributed by atoms with van der Waals surface area (Å²) in [5.74, 6) is -1.91. The number of ketones is 1. The number of H-pyrrole nitrogens is 1. The van der Waals surface area contributed by atoms with Gasteiger partial charge in [-0.1, -0.05) is 17.7 Å². The SMILES string of the molecule is CCOC(=O)C1=C(C=O)/C2=C3\CCC(=O)[C@H](C3)c3cc4cc[nH]c4cc3CC[C@H](CO)COc3c4c(c(CO)c(c32)O1)O[C@H]([C@]1(O)[C@@H]2CCN(CCCOC)C[C@H]2C=C[C@H]1CCCO)C4. The third kappa shape index (κ3) is 8.14. The van der Waals surface area contributed by atoms with E-state index in [-0.39, 0.29) is 104 Å². The molecule has 65 heavy (non-hydrogen) atoms. The Morgan fingerprint density at radius 1 is 1.06 bits per heavy atom. The Bertz CT molecular complexity index is 2420. The minimum Gasteiger partial charge on any atom is -0.492 e. The monoisotopic (exact) mass is 894 g/mol. The van der Waals surface area contributed by atoms with Gasteiger partial charge in [0.05, 0.1) is 36.5 Å². The molecular formula is C51H62N2O12. The van der Waals surface area contributed by atoms with Crippen LogP contribution in [0.2, 0.25) is 0 Å². The molecule has 6 aliphatic rings. The highest BCUT2D eigenvalue weighted by Gasteiger charge is 2.57. The topological polar surface area (TPSA) is 197 Å². The summed E-state index contributed by atoms with van der Waals surface area (Å²) >= 11 is 0. The molecule has 2 bridgehead atoms. The summed E-state index contributed by atoms with van der Waals surface area (Å²) < 4.78 is 31.3. The second-order valence-corrected chi connectivity index (χ2v) is 18.6. The predicted molar refractivity (Wildman–Crippen MR) is 240 cm³/mol. The molecule has 0 amide bonds. The maximum Gasteiger partial charge on any atom is 0.375 e. The molecule has 4 aliphatic heterocycles. The number of aromatic nitrogens is 1. The van der Waals surface area contributed by atoms with E-state index in [1.165, 1.54) is 0 Å². The summed E-state index contributed by atoms with van der Waals surface area (Å²) in [4.78, 5) is 47.3. The molecule has 7 atom stereocenters. The molecule has 2 aromatic carbocycles. The maximum atomic E-state index is 14.1. The van der Waals surface area contributed by atoms with Crippen molar-refractivity contribution in [2.75, 3.05) is 59.8 Å². The van der Waals surface area contributed by atoms with E-state index < -0.39 is 30.2 Å². The fraction of sp³-hybridized carbons (Fsp3) is 0.549. The standard InChI is InChI=1S/C51H62N2O12/c1-3-62-50(59)49-38(26-56)44-32-10-12-42(58)36(21-32)35-20-31-13-15-52-41(31)22-30(35)8-7-29(25-55)28-63-47-37-23-43(64-46(37)39(27-57)48(65-49)45(44)47)51(60)34(6-4-18-54)11-9-33-24-53(16-5-19-61-2)17-14-40(33)51/h9,11,13,15,20,22,26,29,33-34,36,40,43,52,54-55,57,60H,3-8,10,12,14,16-19,21,23-25,27-28H2,1-2H3/b44-32-/t29-,33-,34-,36-,40-,43+,51-/m1/s1. The van der Waals surface area contributed by atoms with Crippen LogP contribution in [0.5, 0.6) is 17.2 Å². The number of Topliss-reactive ketones (excluding diaryl/α,β-unsaturated/α-hetero) is 1. The normalized spacial score (nSPS) is 28.7. The Balaban J connectivity index is 1.22. The number of hydrogen-bond donors (Lipinski definition) is 5. The van der Waals surface area contributed by atoms with Crippen molar-refractivity contribution in [2.45, 2.75) is 95.4 Å². The number of aliphatic hydroxyl groups excluding tert-OH is 3. The van der Waals surface area contributed by atoms with Gasteiger partial charge in [-0.3, -0.25) is 9.59 Å². The zero-order valence-electron chi connectivity index (χ0n) is 37.4. The van der Waals surface area contributed by atoms with Crippen LogP contribution in [0.25, 0.3) is 16.5 Å². The summed E-state index contributed by atoms with van der Waals surface area (Å²) in [5, 5.41) is 46.7. The fourth-order valence-electron chi connectivity index (χ4n) is 11.8. The number of allylic oxidation sites excluding steroid dienone is 3. The van der Waals surface area contributed by atoms with E-state index in [1.807, 2.05) is 12.3 Å². The number of carbonyl (C=O) groups excluding carboxylic acids is 3. The van der Waals surface area contributed by atoms with Crippen LogP contribution in [0.3, 0.4) is 0 Å². The lowest BCUT2D eigenvalue weighted by Crippen LogP contribution is -2.62. The molecule has 0 radical (unpaired) electrons. The van der Waals surface area contributed by atoms with Gasteiger partial charge >= 0.3 is 5.97 Å². The van der Waals surface area contributed by atoms with E-state index in [4.69, 9.17) is 23.7 Å². The molecule has 1 saturated carbocycles. The summed E-state index contributed by atoms with van der Waals surface area (Å²) in [6, 6.07) is 6.12. The molecule has 2 fully saturated rings. The molecule has 5 heterocycles. The van der Waals surface area contributed by atoms with Gasteiger partial charge in [0.1, 0.15) is 34.7 Å². The van der Waals surface area contributed by atoms with Crippen molar-refractivity contribution in [1.82, 2.24) is 9.88 Å². The van der Waals surface area contributed by atoms with Crippen molar-refractivity contribution < 1.29 is 58.5 Å². The van der Waals surface area contributed by atoms with E-state index >= 15 is 0 Å². The molecular weight excluding hydrogens is 833 g/mol. The van der Waals surface area contributed by atoms with Crippen LogP contribution in [0.1, 0.15) is 92.0 Å². The molecule has 2 aliphatic carbocycles. The number of rotatable bonds is 13. The zero-order valence-corrected chi connectivity index (χ0v) is 37.4. The smallest absolute Gasteiger partial charge is 0.375 e. The van der Waals surface area contributed by atoms with Crippen molar-refractivity contribution in [3.8, 4) is 17.2 Å². The second-order valence-electron chi connectivity index (χ2n) is 18.6. The highest BCUT2D eigenvalue weighted by molar-refractivity contribution is 6.11. The number of nitrogens with one attached hydrogen (secondary N) is 1. The number of nitrogens with zero attached hydrogens (tertiary/aromatic N) is 1. The molecule has 0 spiro atoms. The van der Waals surface area contributed by atoms with Gasteiger partial charge in [-0.2, -0.15) is 0 Å². The van der Waals surface area contributed by atoms with Crippen molar-refractivity contribution in [1.29, 1.82) is 0 Å². The number of benzene rings is 2. The first-order valence-corrected chi connectivity index (χ1v) is 23.5. The number of ether oxygens (including phenoxy) is 5. The van der Waals surface area contributed by atoms with Crippen molar-refractivity contribution in [3.05, 3.63) is 81.3 Å². The number of aldehydes is 1. The molecule has 0 unspecified atom stereocenters. The van der Waals surface area contributed by atoms with E-state index in [0.29, 0.717) is 73.9 Å². The Morgan fingerprint density at radius 2 is 1.92 bits per heavy atom. The molecule has 3 aromatic rings. The first kappa shape index (κ1) is 45.3. The number of esters is 1. The van der Waals surface area contributed by atoms with Crippen LogP contribution in [0, 0.1) is 23.7 Å². The summed E-state index contributed by atoms with van der Waals surface area (Å²) in [6.07, 6.45) is 10.6. The summed E-state index contributed by atoms with van der Waals surface area (Å²) in [7, 11) is 1.70. The third-order valence-corrected chi connectivity index (χ3v) is 15.0. The van der Waals surface area contributed by atoms with Crippen molar-refractivity contribution in [3.63, 3.8) is 0 Å². The van der Waals surface area contributed by atoms with Gasteiger partial charge in [0.15, 0.2) is 6.29 Å². The number of hydrogen-bond acceptors (Lipinski definition) is 13. The van der Waals surface area contributed by atoms with Gasteiger partial charge in [-0.15, -0.1) is 0 Å². The number of carbonyl (C=O) groups is 3. The average molecular weight is 895 g/mol. The number of aromatic amines is 1. The van der Waals surface area contributed by atoms with Gasteiger partial charge < -0.3 is 54.0 Å². The van der Waals surface area contributed by atoms with Crippen molar-refractivity contribution in [2.24, 2.45) is 23.7 Å². The number of fused-ring (bicyclic) bond motifs is 8. The lowest BCUT2D eigenvalue weighted by molar-refractivity contribution is -0.154. The molecule has 1 aromatic heterocycles. The Morgan fingerprint density at radius 3 is 2.69 bits per heavy atom. The molecule has 14 heteroatoms. The van der Waals surface area contributed by atoms with Gasteiger partial charge in [-0.05, 0) is 105 Å². The number of likely N-dealkylation sites (tertiary alicyclic amines) is 1. The maximum absolute atomic E-state index is 14.1. The van der Waals surface area contributed by atoms with Crippen LogP contribution >= 0.6 is 0 Å². The highest BCUT2D eigenvalue weighted by Crippen LogP contribution is 2.59. The van der Waals surface area contributed by atoms with Gasteiger partial charge in [0.2, 0.25) is 5.76 Å². The van der Waals surface area contributed by atoms with Gasteiger partial charge in [0.25, 0.3) is 0 Å². The Kier molecular flexibility index (Phi) is 13.4.